The highest BCUT2D eigenvalue weighted by Gasteiger charge is 2.49. The third-order valence-corrected chi connectivity index (χ3v) is 14.6. The van der Waals surface area contributed by atoms with E-state index in [1.54, 1.807) is 0 Å². The molecule has 0 radical (unpaired) electrons. The molecule has 1 spiro atoms. The number of nitrogens with zero attached hydrogens (tertiary/aromatic N) is 1. The maximum atomic E-state index is 2.52. The first kappa shape index (κ1) is 35.1. The van der Waals surface area contributed by atoms with Crippen molar-refractivity contribution >= 4 is 28.8 Å². The molecule has 9 aromatic rings. The Bertz CT molecular complexity index is 3090. The lowest BCUT2D eigenvalue weighted by atomic mass is 9.63. The van der Waals surface area contributed by atoms with Gasteiger partial charge >= 0.3 is 0 Å². The Balaban J connectivity index is 1.15. The van der Waals surface area contributed by atoms with Gasteiger partial charge in [0.05, 0.1) is 11.1 Å². The average Bonchev–Trinajstić information content (AvgIpc) is 3.47. The van der Waals surface area contributed by atoms with Gasteiger partial charge in [-0.3, -0.25) is 0 Å². The first-order valence-corrected chi connectivity index (χ1v) is 21.7. The Morgan fingerprint density at radius 1 is 0.350 bits per heavy atom. The van der Waals surface area contributed by atoms with Gasteiger partial charge in [-0.25, -0.2) is 0 Å². The molecule has 0 unspecified atom stereocenters. The topological polar surface area (TPSA) is 3.24 Å². The lowest BCUT2D eigenvalue weighted by Crippen LogP contribution is -2.35. The standard InChI is InChI=1S/C58H41NS/c1-57(2)48-24-11-8-23-46(48)47-36-35-41(37-53(47)57)59(40-33-31-39(32-34-40)38-17-4-3-5-18-38)54-29-16-28-52-56(54)60-55-30-15-14-27-51(55)58(52)49-25-12-9-21-44(49)42-19-6-7-20-43(42)45-22-10-13-26-50(45)58/h3-37H,1-2H3. The second-order valence-electron chi connectivity index (χ2n) is 16.8. The molecule has 0 fully saturated rings. The zero-order valence-corrected chi connectivity index (χ0v) is 34.4. The van der Waals surface area contributed by atoms with Gasteiger partial charge in [0.15, 0.2) is 0 Å². The van der Waals surface area contributed by atoms with Crippen LogP contribution in [-0.2, 0) is 10.8 Å². The van der Waals surface area contributed by atoms with E-state index in [0.29, 0.717) is 0 Å². The van der Waals surface area contributed by atoms with E-state index in [1.165, 1.54) is 93.4 Å². The van der Waals surface area contributed by atoms with E-state index in [1.807, 2.05) is 11.8 Å². The molecular weight excluding hydrogens is 743 g/mol. The smallest absolute Gasteiger partial charge is 0.0736 e. The quantitative estimate of drug-likeness (QED) is 0.175. The van der Waals surface area contributed by atoms with Gasteiger partial charge in [-0.1, -0.05) is 202 Å². The molecule has 1 aliphatic heterocycles. The minimum atomic E-state index is -0.593. The zero-order chi connectivity index (χ0) is 40.0. The summed E-state index contributed by atoms with van der Waals surface area (Å²) in [6.45, 7) is 4.75. The van der Waals surface area contributed by atoms with Gasteiger partial charge in [-0.2, -0.15) is 0 Å². The normalized spacial score (nSPS) is 14.4. The Labute approximate surface area is 356 Å². The average molecular weight is 784 g/mol. The minimum absolute atomic E-state index is 0.137. The molecule has 1 nitrogen and oxygen atoms in total. The van der Waals surface area contributed by atoms with E-state index in [2.05, 4.69) is 231 Å². The molecule has 0 N–H and O–H groups in total. The van der Waals surface area contributed by atoms with E-state index >= 15 is 0 Å². The number of hydrogen-bond acceptors (Lipinski definition) is 2. The third kappa shape index (κ3) is 4.95. The second-order valence-corrected chi connectivity index (χ2v) is 17.8. The Morgan fingerprint density at radius 3 is 1.50 bits per heavy atom. The van der Waals surface area contributed by atoms with Crippen molar-refractivity contribution in [3.8, 4) is 44.5 Å². The van der Waals surface area contributed by atoms with Crippen molar-refractivity contribution in [2.75, 3.05) is 4.90 Å². The third-order valence-electron chi connectivity index (χ3n) is 13.4. The fraction of sp³-hybridized carbons (Fsp3) is 0.0690. The predicted octanol–water partition coefficient (Wildman–Crippen LogP) is 15.6. The summed E-state index contributed by atoms with van der Waals surface area (Å²) in [5.74, 6) is 0. The summed E-state index contributed by atoms with van der Waals surface area (Å²) in [6, 6.07) is 79.4. The van der Waals surface area contributed by atoms with Gasteiger partial charge in [0.2, 0.25) is 0 Å². The van der Waals surface area contributed by atoms with Crippen LogP contribution in [0.2, 0.25) is 0 Å². The Hall–Kier alpha value is -6.87. The largest absolute Gasteiger partial charge is 0.309 e. The molecule has 9 aromatic carbocycles. The highest BCUT2D eigenvalue weighted by Crippen LogP contribution is 2.63. The van der Waals surface area contributed by atoms with Crippen molar-refractivity contribution < 1.29 is 0 Å². The SMILES string of the molecule is CC1(C)c2ccccc2-c2ccc(N(c3ccc(-c4ccccc4)cc3)c3cccc4c3Sc3ccccc3C43c4ccccc4-c4ccccc4-c4ccccc43)cc21. The van der Waals surface area contributed by atoms with Crippen molar-refractivity contribution in [2.45, 2.75) is 34.5 Å². The van der Waals surface area contributed by atoms with Gasteiger partial charge in [-0.15, -0.1) is 0 Å². The maximum absolute atomic E-state index is 2.52. The lowest BCUT2D eigenvalue weighted by molar-refractivity contribution is 0.660. The summed E-state index contributed by atoms with van der Waals surface area (Å²) in [6.07, 6.45) is 0. The fourth-order valence-electron chi connectivity index (χ4n) is 10.7. The molecule has 12 rings (SSSR count). The van der Waals surface area contributed by atoms with Crippen LogP contribution in [-0.4, -0.2) is 0 Å². The van der Waals surface area contributed by atoms with Crippen molar-refractivity contribution in [1.29, 1.82) is 0 Å². The molecule has 0 saturated heterocycles. The highest BCUT2D eigenvalue weighted by atomic mass is 32.2. The van der Waals surface area contributed by atoms with Crippen molar-refractivity contribution in [3.05, 3.63) is 246 Å². The van der Waals surface area contributed by atoms with Gasteiger partial charge in [0.1, 0.15) is 0 Å². The molecule has 0 atom stereocenters. The molecule has 2 heteroatoms. The summed E-state index contributed by atoms with van der Waals surface area (Å²) in [5.41, 5.74) is 20.9. The van der Waals surface area contributed by atoms with E-state index < -0.39 is 5.41 Å². The summed E-state index contributed by atoms with van der Waals surface area (Å²) in [5, 5.41) is 0. The van der Waals surface area contributed by atoms with Crippen LogP contribution in [0.5, 0.6) is 0 Å². The minimum Gasteiger partial charge on any atom is -0.309 e. The van der Waals surface area contributed by atoms with E-state index in [4.69, 9.17) is 0 Å². The Kier molecular flexibility index (Phi) is 7.80. The van der Waals surface area contributed by atoms with Crippen LogP contribution in [0.4, 0.5) is 17.1 Å². The molecular formula is C58H41NS. The summed E-state index contributed by atoms with van der Waals surface area (Å²) >= 11 is 1.91. The van der Waals surface area contributed by atoms with Crippen LogP contribution < -0.4 is 4.90 Å². The molecule has 60 heavy (non-hydrogen) atoms. The van der Waals surface area contributed by atoms with Crippen LogP contribution in [0.3, 0.4) is 0 Å². The van der Waals surface area contributed by atoms with Crippen LogP contribution in [0.1, 0.15) is 47.2 Å². The molecule has 3 aliphatic rings. The molecule has 2 aliphatic carbocycles. The van der Waals surface area contributed by atoms with Crippen LogP contribution >= 0.6 is 11.8 Å². The van der Waals surface area contributed by atoms with Gasteiger partial charge in [0, 0.05) is 26.6 Å². The van der Waals surface area contributed by atoms with Crippen LogP contribution in [0, 0.1) is 0 Å². The number of fused-ring (bicyclic) bond motifs is 14. The van der Waals surface area contributed by atoms with Gasteiger partial charge < -0.3 is 4.90 Å². The molecule has 1 heterocycles. The Morgan fingerprint density at radius 2 is 0.833 bits per heavy atom. The number of anilines is 3. The summed E-state index contributed by atoms with van der Waals surface area (Å²) < 4.78 is 0. The zero-order valence-electron chi connectivity index (χ0n) is 33.6. The van der Waals surface area contributed by atoms with Crippen LogP contribution in [0.15, 0.2) is 222 Å². The number of rotatable bonds is 4. The van der Waals surface area contributed by atoms with E-state index in [0.717, 1.165) is 11.4 Å². The first-order chi connectivity index (χ1) is 29.5. The van der Waals surface area contributed by atoms with Crippen molar-refractivity contribution in [3.63, 3.8) is 0 Å². The van der Waals surface area contributed by atoms with Crippen molar-refractivity contribution in [1.82, 2.24) is 0 Å². The van der Waals surface area contributed by atoms with E-state index in [-0.39, 0.29) is 5.41 Å². The van der Waals surface area contributed by atoms with Gasteiger partial charge in [-0.05, 0) is 114 Å². The lowest BCUT2D eigenvalue weighted by Gasteiger charge is -2.44. The van der Waals surface area contributed by atoms with E-state index in [9.17, 15) is 0 Å². The molecule has 0 aromatic heterocycles. The highest BCUT2D eigenvalue weighted by molar-refractivity contribution is 7.99. The van der Waals surface area contributed by atoms with Crippen molar-refractivity contribution in [2.24, 2.45) is 0 Å². The second kappa shape index (κ2) is 13.3. The molecule has 0 saturated carbocycles. The number of benzene rings is 9. The molecule has 0 bridgehead atoms. The molecule has 284 valence electrons. The monoisotopic (exact) mass is 783 g/mol. The first-order valence-electron chi connectivity index (χ1n) is 20.9. The molecule has 0 amide bonds. The predicted molar refractivity (Wildman–Crippen MR) is 251 cm³/mol. The number of hydrogen-bond donors (Lipinski definition) is 0. The summed E-state index contributed by atoms with van der Waals surface area (Å²) in [4.78, 5) is 5.06. The van der Waals surface area contributed by atoms with Gasteiger partial charge in [0.25, 0.3) is 0 Å². The maximum Gasteiger partial charge on any atom is 0.0736 e. The van der Waals surface area contributed by atoms with Crippen LogP contribution in [0.25, 0.3) is 44.5 Å². The summed E-state index contributed by atoms with van der Waals surface area (Å²) in [7, 11) is 0. The fourth-order valence-corrected chi connectivity index (χ4v) is 12.0.